The fourth-order valence-electron chi connectivity index (χ4n) is 2.27. The minimum Gasteiger partial charge on any atom is -0.478 e. The molecule has 0 bridgehead atoms. The third kappa shape index (κ3) is 3.45. The number of hydrogen-bond acceptors (Lipinski definition) is 4. The Morgan fingerprint density at radius 1 is 1.14 bits per heavy atom. The molecule has 0 aliphatic heterocycles. The van der Waals surface area contributed by atoms with Crippen LogP contribution in [-0.2, 0) is 9.53 Å². The fourth-order valence-corrected chi connectivity index (χ4v) is 2.27. The molecule has 2 rings (SSSR count). The van der Waals surface area contributed by atoms with E-state index in [1.165, 1.54) is 0 Å². The van der Waals surface area contributed by atoms with Gasteiger partial charge < -0.3 is 15.2 Å². The van der Waals surface area contributed by atoms with Gasteiger partial charge in [-0.25, -0.2) is 4.79 Å². The third-order valence-corrected chi connectivity index (χ3v) is 3.29. The molecule has 0 saturated heterocycles. The molecule has 4 heteroatoms. The Labute approximate surface area is 124 Å². The molecule has 0 aromatic heterocycles. The number of nitrogens with two attached hydrogens (primary N) is 1. The minimum atomic E-state index is -0.581. The van der Waals surface area contributed by atoms with Gasteiger partial charge in [-0.05, 0) is 25.5 Å². The summed E-state index contributed by atoms with van der Waals surface area (Å²) in [4.78, 5) is 12.0. The summed E-state index contributed by atoms with van der Waals surface area (Å²) in [6.07, 6.45) is 0.885. The number of ether oxygens (including phenoxy) is 2. The predicted octanol–water partition coefficient (Wildman–Crippen LogP) is 3.53. The van der Waals surface area contributed by atoms with E-state index in [0.29, 0.717) is 24.5 Å². The van der Waals surface area contributed by atoms with Gasteiger partial charge in [-0.1, -0.05) is 37.6 Å². The number of anilines is 1. The van der Waals surface area contributed by atoms with Gasteiger partial charge in [0.25, 0.3) is 0 Å². The maximum atomic E-state index is 12.0. The zero-order valence-electron chi connectivity index (χ0n) is 12.5. The molecular formula is C17H21NO3. The quantitative estimate of drug-likeness (QED) is 0.652. The Balaban J connectivity index is 2.32. The van der Waals surface area contributed by atoms with E-state index in [9.17, 15) is 4.79 Å². The first-order chi connectivity index (χ1) is 10.2. The standard InChI is InChI=1S/C17H21NO3/c1-3-7-16(17(19)20-4-2)21-15-11-10-14(18)12-8-5-6-9-13(12)15/h5-6,8-11,16H,3-4,7,18H2,1-2H3. The van der Waals surface area contributed by atoms with E-state index >= 15 is 0 Å². The molecule has 21 heavy (non-hydrogen) atoms. The van der Waals surface area contributed by atoms with Crippen molar-refractivity contribution in [2.24, 2.45) is 0 Å². The highest BCUT2D eigenvalue weighted by Crippen LogP contribution is 2.31. The van der Waals surface area contributed by atoms with Crippen molar-refractivity contribution in [3.8, 4) is 5.75 Å². The van der Waals surface area contributed by atoms with E-state index in [0.717, 1.165) is 17.2 Å². The number of carbonyl (C=O) groups excluding carboxylic acids is 1. The van der Waals surface area contributed by atoms with E-state index in [1.54, 1.807) is 19.1 Å². The molecule has 0 aliphatic rings. The van der Waals surface area contributed by atoms with E-state index in [2.05, 4.69) is 0 Å². The first-order valence-electron chi connectivity index (χ1n) is 7.27. The smallest absolute Gasteiger partial charge is 0.347 e. The lowest BCUT2D eigenvalue weighted by Gasteiger charge is -2.18. The largest absolute Gasteiger partial charge is 0.478 e. The van der Waals surface area contributed by atoms with Crippen LogP contribution in [0.5, 0.6) is 5.75 Å². The van der Waals surface area contributed by atoms with Crippen LogP contribution in [-0.4, -0.2) is 18.7 Å². The number of benzene rings is 2. The van der Waals surface area contributed by atoms with Crippen LogP contribution in [0.2, 0.25) is 0 Å². The highest BCUT2D eigenvalue weighted by Gasteiger charge is 2.21. The molecule has 1 unspecified atom stereocenters. The second-order valence-electron chi connectivity index (χ2n) is 4.85. The van der Waals surface area contributed by atoms with Crippen LogP contribution in [0.25, 0.3) is 10.8 Å². The van der Waals surface area contributed by atoms with Crippen molar-refractivity contribution < 1.29 is 14.3 Å². The lowest BCUT2D eigenvalue weighted by molar-refractivity contribution is -0.151. The van der Waals surface area contributed by atoms with E-state index < -0.39 is 6.10 Å². The summed E-state index contributed by atoms with van der Waals surface area (Å²) in [5.74, 6) is 0.339. The van der Waals surface area contributed by atoms with Crippen LogP contribution in [0.4, 0.5) is 5.69 Å². The Morgan fingerprint density at radius 2 is 1.86 bits per heavy atom. The molecule has 0 amide bonds. The van der Waals surface area contributed by atoms with Crippen molar-refractivity contribution in [1.82, 2.24) is 0 Å². The second kappa shape index (κ2) is 6.97. The molecule has 0 aliphatic carbocycles. The first-order valence-corrected chi connectivity index (χ1v) is 7.27. The molecule has 2 aromatic carbocycles. The molecule has 1 atom stereocenters. The summed E-state index contributed by atoms with van der Waals surface area (Å²) in [7, 11) is 0. The van der Waals surface area contributed by atoms with Gasteiger partial charge in [0.05, 0.1) is 6.61 Å². The maximum Gasteiger partial charge on any atom is 0.347 e. The van der Waals surface area contributed by atoms with E-state index in [-0.39, 0.29) is 5.97 Å². The number of nitrogen functional groups attached to an aromatic ring is 1. The molecular weight excluding hydrogens is 266 g/mol. The molecule has 0 heterocycles. The molecule has 4 nitrogen and oxygen atoms in total. The number of fused-ring (bicyclic) bond motifs is 1. The van der Waals surface area contributed by atoms with Crippen molar-refractivity contribution in [3.63, 3.8) is 0 Å². The summed E-state index contributed by atoms with van der Waals surface area (Å²) in [5, 5.41) is 1.83. The van der Waals surface area contributed by atoms with Gasteiger partial charge in [0.2, 0.25) is 0 Å². The van der Waals surface area contributed by atoms with Crippen LogP contribution in [0, 0.1) is 0 Å². The van der Waals surface area contributed by atoms with Crippen LogP contribution in [0.3, 0.4) is 0 Å². The number of rotatable bonds is 6. The summed E-state index contributed by atoms with van der Waals surface area (Å²) >= 11 is 0. The van der Waals surface area contributed by atoms with Gasteiger partial charge in [0, 0.05) is 16.5 Å². The summed E-state index contributed by atoms with van der Waals surface area (Å²) in [6, 6.07) is 11.3. The van der Waals surface area contributed by atoms with Gasteiger partial charge in [-0.15, -0.1) is 0 Å². The fraction of sp³-hybridized carbons (Fsp3) is 0.353. The van der Waals surface area contributed by atoms with E-state index in [1.807, 2.05) is 31.2 Å². The molecule has 0 spiro atoms. The maximum absolute atomic E-state index is 12.0. The summed E-state index contributed by atoms with van der Waals surface area (Å²) in [6.45, 7) is 4.15. The van der Waals surface area contributed by atoms with Crippen LogP contribution < -0.4 is 10.5 Å². The highest BCUT2D eigenvalue weighted by molar-refractivity contribution is 5.97. The first kappa shape index (κ1) is 15.2. The molecule has 0 saturated carbocycles. The molecule has 0 radical (unpaired) electrons. The Hall–Kier alpha value is -2.23. The average Bonchev–Trinajstić information content (AvgIpc) is 2.50. The minimum absolute atomic E-state index is 0.319. The highest BCUT2D eigenvalue weighted by atomic mass is 16.6. The Morgan fingerprint density at radius 3 is 2.52 bits per heavy atom. The third-order valence-electron chi connectivity index (χ3n) is 3.29. The van der Waals surface area contributed by atoms with Crippen LogP contribution >= 0.6 is 0 Å². The molecule has 112 valence electrons. The number of hydrogen-bond donors (Lipinski definition) is 1. The normalized spacial score (nSPS) is 12.1. The van der Waals surface area contributed by atoms with Crippen LogP contribution in [0.15, 0.2) is 36.4 Å². The van der Waals surface area contributed by atoms with Crippen molar-refractivity contribution in [2.75, 3.05) is 12.3 Å². The van der Waals surface area contributed by atoms with Crippen molar-refractivity contribution in [1.29, 1.82) is 0 Å². The zero-order valence-corrected chi connectivity index (χ0v) is 12.5. The monoisotopic (exact) mass is 287 g/mol. The van der Waals surface area contributed by atoms with Gasteiger partial charge in [-0.3, -0.25) is 0 Å². The van der Waals surface area contributed by atoms with Gasteiger partial charge >= 0.3 is 5.97 Å². The number of carbonyl (C=O) groups is 1. The molecule has 2 aromatic rings. The van der Waals surface area contributed by atoms with Gasteiger partial charge in [0.15, 0.2) is 6.10 Å². The summed E-state index contributed by atoms with van der Waals surface area (Å²) < 4.78 is 11.0. The SMILES string of the molecule is CCCC(Oc1ccc(N)c2ccccc12)C(=O)OCC. The van der Waals surface area contributed by atoms with Gasteiger partial charge in [-0.2, -0.15) is 0 Å². The van der Waals surface area contributed by atoms with E-state index in [4.69, 9.17) is 15.2 Å². The average molecular weight is 287 g/mol. The molecule has 0 fully saturated rings. The number of esters is 1. The lowest BCUT2D eigenvalue weighted by Crippen LogP contribution is -2.29. The van der Waals surface area contributed by atoms with Crippen molar-refractivity contribution in [3.05, 3.63) is 36.4 Å². The lowest BCUT2D eigenvalue weighted by atomic mass is 10.1. The Bertz CT molecular complexity index is 624. The van der Waals surface area contributed by atoms with Crippen molar-refractivity contribution >= 4 is 22.4 Å². The summed E-state index contributed by atoms with van der Waals surface area (Å²) in [5.41, 5.74) is 6.67. The van der Waals surface area contributed by atoms with Crippen LogP contribution in [0.1, 0.15) is 26.7 Å². The Kier molecular flexibility index (Phi) is 5.04. The predicted molar refractivity (Wildman–Crippen MR) is 84.3 cm³/mol. The zero-order chi connectivity index (χ0) is 15.2. The topological polar surface area (TPSA) is 61.5 Å². The second-order valence-corrected chi connectivity index (χ2v) is 4.85. The van der Waals surface area contributed by atoms with Crippen molar-refractivity contribution in [2.45, 2.75) is 32.8 Å². The van der Waals surface area contributed by atoms with Gasteiger partial charge in [0.1, 0.15) is 5.75 Å². The molecule has 2 N–H and O–H groups in total.